The Kier molecular flexibility index (Phi) is 3.92. The fraction of sp³-hybridized carbons (Fsp3) is 0.562. The molecular formula is C16H21NO2S. The van der Waals surface area contributed by atoms with E-state index in [1.165, 1.54) is 12.8 Å². The van der Waals surface area contributed by atoms with Crippen molar-refractivity contribution < 1.29 is 9.53 Å². The summed E-state index contributed by atoms with van der Waals surface area (Å²) in [6, 6.07) is 8.37. The molecular weight excluding hydrogens is 270 g/mol. The second-order valence-corrected chi connectivity index (χ2v) is 6.79. The molecule has 2 heterocycles. The molecule has 1 aromatic carbocycles. The van der Waals surface area contributed by atoms with E-state index in [2.05, 4.69) is 11.2 Å². The lowest BCUT2D eigenvalue weighted by atomic mass is 10.0. The van der Waals surface area contributed by atoms with Crippen LogP contribution in [0.1, 0.15) is 36.0 Å². The molecule has 3 rings (SSSR count). The largest absolute Gasteiger partial charge is 0.497 e. The van der Waals surface area contributed by atoms with E-state index in [9.17, 15) is 4.79 Å². The molecule has 0 aromatic heterocycles. The summed E-state index contributed by atoms with van der Waals surface area (Å²) < 4.78 is 5.15. The van der Waals surface area contributed by atoms with Gasteiger partial charge >= 0.3 is 0 Å². The molecule has 20 heavy (non-hydrogen) atoms. The molecule has 2 bridgehead atoms. The van der Waals surface area contributed by atoms with Crippen molar-refractivity contribution in [3.63, 3.8) is 0 Å². The maximum Gasteiger partial charge on any atom is 0.254 e. The Bertz CT molecular complexity index is 474. The van der Waals surface area contributed by atoms with E-state index < -0.39 is 0 Å². The topological polar surface area (TPSA) is 29.5 Å². The van der Waals surface area contributed by atoms with Crippen LogP contribution in [0.15, 0.2) is 24.3 Å². The number of hydrogen-bond donors (Lipinski definition) is 0. The van der Waals surface area contributed by atoms with Crippen molar-refractivity contribution in [2.75, 3.05) is 13.4 Å². The highest BCUT2D eigenvalue weighted by Crippen LogP contribution is 2.40. The second kappa shape index (κ2) is 5.68. The number of hydrogen-bond acceptors (Lipinski definition) is 3. The van der Waals surface area contributed by atoms with Gasteiger partial charge in [0.2, 0.25) is 0 Å². The number of rotatable bonds is 3. The van der Waals surface area contributed by atoms with E-state index in [4.69, 9.17) is 4.74 Å². The van der Waals surface area contributed by atoms with Crippen molar-refractivity contribution in [1.29, 1.82) is 0 Å². The average Bonchev–Trinajstić information content (AvgIpc) is 2.76. The van der Waals surface area contributed by atoms with Crippen LogP contribution in [0.5, 0.6) is 5.75 Å². The highest BCUT2D eigenvalue weighted by atomic mass is 32.2. The fourth-order valence-corrected chi connectivity index (χ4v) is 4.36. The van der Waals surface area contributed by atoms with Crippen molar-refractivity contribution in [2.45, 2.75) is 43.0 Å². The van der Waals surface area contributed by atoms with Gasteiger partial charge in [0.05, 0.1) is 7.11 Å². The molecule has 0 radical (unpaired) electrons. The van der Waals surface area contributed by atoms with E-state index >= 15 is 0 Å². The van der Waals surface area contributed by atoms with Crippen molar-refractivity contribution in [3.05, 3.63) is 29.8 Å². The minimum absolute atomic E-state index is 0.194. The molecule has 3 nitrogen and oxygen atoms in total. The molecule has 0 saturated carbocycles. The molecule has 0 aliphatic carbocycles. The van der Waals surface area contributed by atoms with Gasteiger partial charge in [-0.2, -0.15) is 11.8 Å². The zero-order valence-corrected chi connectivity index (χ0v) is 12.9. The zero-order valence-electron chi connectivity index (χ0n) is 12.0. The van der Waals surface area contributed by atoms with Crippen LogP contribution < -0.4 is 4.74 Å². The van der Waals surface area contributed by atoms with Crippen molar-refractivity contribution in [1.82, 2.24) is 4.90 Å². The van der Waals surface area contributed by atoms with Gasteiger partial charge in [-0.3, -0.25) is 4.79 Å². The Hall–Kier alpha value is -1.16. The monoisotopic (exact) mass is 291 g/mol. The molecule has 0 spiro atoms. The minimum Gasteiger partial charge on any atom is -0.497 e. The first kappa shape index (κ1) is 13.8. The first-order valence-electron chi connectivity index (χ1n) is 7.22. The van der Waals surface area contributed by atoms with Gasteiger partial charge in [-0.05, 0) is 56.2 Å². The molecule has 2 unspecified atom stereocenters. The van der Waals surface area contributed by atoms with Crippen LogP contribution in [-0.2, 0) is 0 Å². The number of amides is 1. The predicted molar refractivity (Wildman–Crippen MR) is 82.5 cm³/mol. The smallest absolute Gasteiger partial charge is 0.254 e. The highest BCUT2D eigenvalue weighted by molar-refractivity contribution is 7.99. The van der Waals surface area contributed by atoms with Gasteiger partial charge in [0.1, 0.15) is 5.75 Å². The number of ether oxygens (including phenoxy) is 1. The lowest BCUT2D eigenvalue weighted by molar-refractivity contribution is 0.0601. The van der Waals surface area contributed by atoms with E-state index in [0.29, 0.717) is 12.1 Å². The molecule has 2 saturated heterocycles. The first-order chi connectivity index (χ1) is 9.72. The number of piperidine rings is 1. The van der Waals surface area contributed by atoms with Crippen LogP contribution in [0.3, 0.4) is 0 Å². The fourth-order valence-electron chi connectivity index (χ4n) is 3.53. The molecule has 1 amide bonds. The van der Waals surface area contributed by atoms with Crippen LogP contribution in [0.4, 0.5) is 0 Å². The third-order valence-corrected chi connectivity index (χ3v) is 5.65. The highest BCUT2D eigenvalue weighted by Gasteiger charge is 2.43. The Morgan fingerprint density at radius 1 is 1.20 bits per heavy atom. The number of methoxy groups -OCH3 is 1. The van der Waals surface area contributed by atoms with Crippen molar-refractivity contribution in [2.24, 2.45) is 0 Å². The van der Waals surface area contributed by atoms with E-state index in [1.807, 2.05) is 36.0 Å². The van der Waals surface area contributed by atoms with Crippen LogP contribution in [0.2, 0.25) is 0 Å². The number of fused-ring (bicyclic) bond motifs is 2. The number of carbonyl (C=O) groups is 1. The predicted octanol–water partition coefficient (Wildman–Crippen LogP) is 3.19. The third kappa shape index (κ3) is 2.41. The SMILES string of the molecule is COc1ccc(C(=O)N2C3CCC2CC(SC)C3)cc1. The summed E-state index contributed by atoms with van der Waals surface area (Å²) >= 11 is 1.95. The van der Waals surface area contributed by atoms with Gasteiger partial charge in [0.15, 0.2) is 0 Å². The number of carbonyl (C=O) groups excluding carboxylic acids is 1. The van der Waals surface area contributed by atoms with E-state index in [0.717, 1.165) is 29.4 Å². The molecule has 2 fully saturated rings. The Morgan fingerprint density at radius 3 is 2.30 bits per heavy atom. The molecule has 0 N–H and O–H groups in total. The summed E-state index contributed by atoms with van der Waals surface area (Å²) in [6.07, 6.45) is 6.83. The zero-order chi connectivity index (χ0) is 14.1. The van der Waals surface area contributed by atoms with Gasteiger partial charge < -0.3 is 9.64 Å². The quantitative estimate of drug-likeness (QED) is 0.856. The molecule has 1 aromatic rings. The molecule has 2 atom stereocenters. The lowest BCUT2D eigenvalue weighted by Gasteiger charge is -2.38. The van der Waals surface area contributed by atoms with Crippen LogP contribution in [0, 0.1) is 0 Å². The third-order valence-electron chi connectivity index (χ3n) is 4.59. The standard InChI is InChI=1S/C16H21NO2S/c1-19-14-7-3-11(4-8-14)16(18)17-12-5-6-13(17)10-15(9-12)20-2/h3-4,7-8,12-13,15H,5-6,9-10H2,1-2H3. The Morgan fingerprint density at radius 2 is 1.80 bits per heavy atom. The van der Waals surface area contributed by atoms with Crippen LogP contribution >= 0.6 is 11.8 Å². The first-order valence-corrected chi connectivity index (χ1v) is 8.51. The van der Waals surface area contributed by atoms with Gasteiger partial charge in [-0.1, -0.05) is 0 Å². The van der Waals surface area contributed by atoms with Crippen molar-refractivity contribution >= 4 is 17.7 Å². The minimum atomic E-state index is 0.194. The van der Waals surface area contributed by atoms with Gasteiger partial charge in [0, 0.05) is 22.9 Å². The van der Waals surface area contributed by atoms with E-state index in [1.54, 1.807) is 7.11 Å². The van der Waals surface area contributed by atoms with Crippen LogP contribution in [0.25, 0.3) is 0 Å². The molecule has 2 aliphatic heterocycles. The van der Waals surface area contributed by atoms with Crippen molar-refractivity contribution in [3.8, 4) is 5.75 Å². The summed E-state index contributed by atoms with van der Waals surface area (Å²) in [4.78, 5) is 14.9. The number of thioether (sulfide) groups is 1. The second-order valence-electron chi connectivity index (χ2n) is 5.66. The number of nitrogens with zero attached hydrogens (tertiary/aromatic N) is 1. The number of benzene rings is 1. The maximum absolute atomic E-state index is 12.7. The average molecular weight is 291 g/mol. The Balaban J connectivity index is 1.77. The van der Waals surface area contributed by atoms with Crippen LogP contribution in [-0.4, -0.2) is 41.5 Å². The van der Waals surface area contributed by atoms with Gasteiger partial charge in [0.25, 0.3) is 5.91 Å². The molecule has 108 valence electrons. The summed E-state index contributed by atoms with van der Waals surface area (Å²) in [5, 5.41) is 0.729. The van der Waals surface area contributed by atoms with Gasteiger partial charge in [-0.25, -0.2) is 0 Å². The lowest BCUT2D eigenvalue weighted by Crippen LogP contribution is -2.47. The van der Waals surface area contributed by atoms with E-state index in [-0.39, 0.29) is 5.91 Å². The summed E-state index contributed by atoms with van der Waals surface area (Å²) in [7, 11) is 1.64. The summed E-state index contributed by atoms with van der Waals surface area (Å²) in [5.41, 5.74) is 0.783. The van der Waals surface area contributed by atoms with Gasteiger partial charge in [-0.15, -0.1) is 0 Å². The molecule has 4 heteroatoms. The summed E-state index contributed by atoms with van der Waals surface area (Å²) in [6.45, 7) is 0. The molecule has 2 aliphatic rings. The normalized spacial score (nSPS) is 28.5. The Labute approximate surface area is 124 Å². The maximum atomic E-state index is 12.7. The summed E-state index contributed by atoms with van der Waals surface area (Å²) in [5.74, 6) is 0.991.